The van der Waals surface area contributed by atoms with Crippen molar-refractivity contribution in [2.75, 3.05) is 6.54 Å². The van der Waals surface area contributed by atoms with Gasteiger partial charge >= 0.3 is 5.97 Å². The Kier molecular flexibility index (Phi) is 5.30. The van der Waals surface area contributed by atoms with Gasteiger partial charge in [-0.2, -0.15) is 0 Å². The zero-order valence-corrected chi connectivity index (χ0v) is 16.0. The van der Waals surface area contributed by atoms with Crippen LogP contribution in [-0.4, -0.2) is 37.8 Å². The van der Waals surface area contributed by atoms with E-state index >= 15 is 0 Å². The molecule has 0 aromatic heterocycles. The third kappa shape index (κ3) is 3.80. The second-order valence-corrected chi connectivity index (χ2v) is 8.37. The lowest BCUT2D eigenvalue weighted by atomic mass is 10.1. The third-order valence-corrected chi connectivity index (χ3v) is 5.45. The molecule has 0 radical (unpaired) electrons. The Morgan fingerprint density at radius 3 is 2.04 bits per heavy atom. The molecule has 0 saturated carbocycles. The van der Waals surface area contributed by atoms with Crippen molar-refractivity contribution >= 4 is 27.8 Å². The highest BCUT2D eigenvalue weighted by Crippen LogP contribution is 2.23. The number of hydrogen-bond acceptors (Lipinski definition) is 6. The first-order valence-electron chi connectivity index (χ1n) is 8.50. The van der Waals surface area contributed by atoms with Gasteiger partial charge in [0.25, 0.3) is 11.8 Å². The molecule has 146 valence electrons. The Labute approximate surface area is 162 Å². The van der Waals surface area contributed by atoms with Crippen molar-refractivity contribution in [2.45, 2.75) is 18.7 Å². The fourth-order valence-electron chi connectivity index (χ4n) is 2.52. The van der Waals surface area contributed by atoms with E-state index in [0.717, 1.165) is 0 Å². The highest BCUT2D eigenvalue weighted by Gasteiger charge is 2.38. The molecule has 0 saturated heterocycles. The monoisotopic (exact) mass is 402 g/mol. The minimum Gasteiger partial charge on any atom is -0.324 e. The van der Waals surface area contributed by atoms with Crippen LogP contribution in [0.15, 0.2) is 53.4 Å². The van der Waals surface area contributed by atoms with E-state index in [-0.39, 0.29) is 34.0 Å². The van der Waals surface area contributed by atoms with Crippen molar-refractivity contribution in [3.63, 3.8) is 0 Å². The molecule has 8 nitrogen and oxygen atoms in total. The normalized spacial score (nSPS) is 13.8. The number of imide groups is 1. The second kappa shape index (κ2) is 7.53. The zero-order chi connectivity index (χ0) is 20.5. The van der Waals surface area contributed by atoms with Gasteiger partial charge < -0.3 is 4.84 Å². The molecule has 1 N–H and O–H groups in total. The molecule has 0 fully saturated rings. The fraction of sp³-hybridized carbons (Fsp3) is 0.211. The van der Waals surface area contributed by atoms with Crippen LogP contribution >= 0.6 is 0 Å². The standard InChI is InChI=1S/C19H18N2O6S/c1-12(2)11-20-28(25,26)14-9-7-13(8-10-14)19(24)27-21-17(22)15-5-3-4-6-16(15)18(21)23/h3-10,12,20H,11H2,1-2H3. The first-order valence-corrected chi connectivity index (χ1v) is 9.99. The lowest BCUT2D eigenvalue weighted by Gasteiger charge is -2.13. The Balaban J connectivity index is 1.73. The average molecular weight is 402 g/mol. The Morgan fingerprint density at radius 1 is 1.00 bits per heavy atom. The molecule has 9 heteroatoms. The van der Waals surface area contributed by atoms with Crippen molar-refractivity contribution in [1.29, 1.82) is 0 Å². The van der Waals surface area contributed by atoms with E-state index in [1.165, 1.54) is 36.4 Å². The maximum atomic E-state index is 12.3. The summed E-state index contributed by atoms with van der Waals surface area (Å²) in [5.74, 6) is -2.27. The SMILES string of the molecule is CC(C)CNS(=O)(=O)c1ccc(C(=O)ON2C(=O)c3ccccc3C2=O)cc1. The topological polar surface area (TPSA) is 110 Å². The van der Waals surface area contributed by atoms with E-state index in [0.29, 0.717) is 5.06 Å². The molecule has 0 unspecified atom stereocenters. The van der Waals surface area contributed by atoms with E-state index in [2.05, 4.69) is 4.72 Å². The maximum Gasteiger partial charge on any atom is 0.363 e. The number of nitrogens with one attached hydrogen (secondary N) is 1. The second-order valence-electron chi connectivity index (χ2n) is 6.60. The van der Waals surface area contributed by atoms with Crippen LogP contribution in [0.3, 0.4) is 0 Å². The average Bonchev–Trinajstić information content (AvgIpc) is 2.92. The summed E-state index contributed by atoms with van der Waals surface area (Å²) in [4.78, 5) is 41.7. The quantitative estimate of drug-likeness (QED) is 0.740. The van der Waals surface area contributed by atoms with Gasteiger partial charge in [-0.25, -0.2) is 17.9 Å². The van der Waals surface area contributed by atoms with Crippen molar-refractivity contribution < 1.29 is 27.6 Å². The van der Waals surface area contributed by atoms with Crippen molar-refractivity contribution in [1.82, 2.24) is 9.79 Å². The first kappa shape index (κ1) is 19.7. The molecular weight excluding hydrogens is 384 g/mol. The van der Waals surface area contributed by atoms with Gasteiger partial charge in [0.05, 0.1) is 21.6 Å². The summed E-state index contributed by atoms with van der Waals surface area (Å²) in [5.41, 5.74) is 0.301. The van der Waals surface area contributed by atoms with Gasteiger partial charge in [0.1, 0.15) is 0 Å². The highest BCUT2D eigenvalue weighted by molar-refractivity contribution is 7.89. The predicted octanol–water partition coefficient (Wildman–Crippen LogP) is 1.99. The summed E-state index contributed by atoms with van der Waals surface area (Å²) in [6.07, 6.45) is 0. The minimum atomic E-state index is -3.69. The summed E-state index contributed by atoms with van der Waals surface area (Å²) in [6, 6.07) is 11.1. The maximum absolute atomic E-state index is 12.3. The summed E-state index contributed by atoms with van der Waals surface area (Å²) in [7, 11) is -3.69. The highest BCUT2D eigenvalue weighted by atomic mass is 32.2. The molecule has 2 aromatic carbocycles. The summed E-state index contributed by atoms with van der Waals surface area (Å²) in [6.45, 7) is 4.04. The van der Waals surface area contributed by atoms with E-state index in [4.69, 9.17) is 4.84 Å². The fourth-order valence-corrected chi connectivity index (χ4v) is 3.73. The van der Waals surface area contributed by atoms with Crippen LogP contribution < -0.4 is 4.72 Å². The molecule has 0 bridgehead atoms. The molecule has 1 heterocycles. The predicted molar refractivity (Wildman–Crippen MR) is 98.8 cm³/mol. The number of carbonyl (C=O) groups excluding carboxylic acids is 3. The summed E-state index contributed by atoms with van der Waals surface area (Å²) in [5, 5.41) is 0.405. The van der Waals surface area contributed by atoms with Crippen molar-refractivity contribution in [2.24, 2.45) is 5.92 Å². The van der Waals surface area contributed by atoms with E-state index in [1.54, 1.807) is 12.1 Å². The van der Waals surface area contributed by atoms with E-state index in [1.807, 2.05) is 13.8 Å². The molecule has 3 rings (SSSR count). The van der Waals surface area contributed by atoms with Gasteiger partial charge in [-0.3, -0.25) is 9.59 Å². The van der Waals surface area contributed by atoms with Crippen LogP contribution in [0.5, 0.6) is 0 Å². The van der Waals surface area contributed by atoms with E-state index < -0.39 is 27.8 Å². The smallest absolute Gasteiger partial charge is 0.324 e. The lowest BCUT2D eigenvalue weighted by molar-refractivity contribution is -0.0584. The number of fused-ring (bicyclic) bond motifs is 1. The van der Waals surface area contributed by atoms with Crippen molar-refractivity contribution in [3.05, 3.63) is 65.2 Å². The molecule has 2 aromatic rings. The molecule has 0 aliphatic carbocycles. The Hall–Kier alpha value is -3.04. The first-order chi connectivity index (χ1) is 13.2. The number of nitrogens with zero attached hydrogens (tertiary/aromatic N) is 1. The van der Waals surface area contributed by atoms with E-state index in [9.17, 15) is 22.8 Å². The molecule has 1 aliphatic heterocycles. The number of carbonyl (C=O) groups is 3. The summed E-state index contributed by atoms with van der Waals surface area (Å²) < 4.78 is 26.8. The van der Waals surface area contributed by atoms with Crippen LogP contribution in [0, 0.1) is 5.92 Å². The van der Waals surface area contributed by atoms with Gasteiger partial charge in [-0.15, -0.1) is 0 Å². The van der Waals surface area contributed by atoms with Crippen LogP contribution in [-0.2, 0) is 14.9 Å². The molecule has 2 amide bonds. The van der Waals surface area contributed by atoms with Gasteiger partial charge in [0.15, 0.2) is 0 Å². The van der Waals surface area contributed by atoms with Gasteiger partial charge in [-0.1, -0.05) is 31.0 Å². The lowest BCUT2D eigenvalue weighted by Crippen LogP contribution is -2.32. The number of sulfonamides is 1. The number of rotatable bonds is 6. The number of hydroxylamine groups is 2. The largest absolute Gasteiger partial charge is 0.363 e. The van der Waals surface area contributed by atoms with Crippen molar-refractivity contribution in [3.8, 4) is 0 Å². The van der Waals surface area contributed by atoms with Gasteiger partial charge in [0.2, 0.25) is 10.0 Å². The summed E-state index contributed by atoms with van der Waals surface area (Å²) >= 11 is 0. The molecular formula is C19H18N2O6S. The Morgan fingerprint density at radius 2 is 1.54 bits per heavy atom. The number of amides is 2. The number of hydrogen-bond donors (Lipinski definition) is 1. The van der Waals surface area contributed by atoms with Crippen LogP contribution in [0.25, 0.3) is 0 Å². The van der Waals surface area contributed by atoms with Crippen LogP contribution in [0.2, 0.25) is 0 Å². The molecule has 0 atom stereocenters. The molecule has 1 aliphatic rings. The third-order valence-electron chi connectivity index (χ3n) is 4.01. The molecule has 28 heavy (non-hydrogen) atoms. The zero-order valence-electron chi connectivity index (χ0n) is 15.2. The van der Waals surface area contributed by atoms with Crippen LogP contribution in [0.4, 0.5) is 0 Å². The molecule has 0 spiro atoms. The van der Waals surface area contributed by atoms with Crippen LogP contribution in [0.1, 0.15) is 44.9 Å². The van der Waals surface area contributed by atoms with Gasteiger partial charge in [0, 0.05) is 6.54 Å². The minimum absolute atomic E-state index is 0.000587. The van der Waals surface area contributed by atoms with Gasteiger partial charge in [-0.05, 0) is 42.3 Å². The Bertz CT molecular complexity index is 1010. The number of benzene rings is 2.